The van der Waals surface area contributed by atoms with E-state index in [1.807, 2.05) is 13.8 Å². The van der Waals surface area contributed by atoms with Gasteiger partial charge in [-0.25, -0.2) is 9.97 Å². The van der Waals surface area contributed by atoms with Crippen molar-refractivity contribution in [1.29, 1.82) is 0 Å². The van der Waals surface area contributed by atoms with Crippen LogP contribution >= 0.6 is 0 Å². The number of nitrogens with zero attached hydrogens (tertiary/aromatic N) is 2. The zero-order valence-electron chi connectivity index (χ0n) is 9.98. The van der Waals surface area contributed by atoms with Gasteiger partial charge in [-0.15, -0.1) is 0 Å². The monoisotopic (exact) mass is 224 g/mol. The van der Waals surface area contributed by atoms with E-state index in [0.29, 0.717) is 0 Å². The fourth-order valence-corrected chi connectivity index (χ4v) is 1.21. The molecule has 1 aromatic rings. The van der Waals surface area contributed by atoms with Crippen LogP contribution in [0.5, 0.6) is 5.88 Å². The molecule has 1 heterocycles. The maximum Gasteiger partial charge on any atom is 0.243 e. The van der Waals surface area contributed by atoms with E-state index in [9.17, 15) is 4.79 Å². The Hall–Kier alpha value is -1.49. The second-order valence-electron chi connectivity index (χ2n) is 3.98. The number of carbonyl (C=O) groups is 1. The Morgan fingerprint density at radius 3 is 2.50 bits per heavy atom. The van der Waals surface area contributed by atoms with Gasteiger partial charge >= 0.3 is 0 Å². The normalized spacial score (nSPS) is 11.2. The van der Waals surface area contributed by atoms with E-state index in [1.165, 1.54) is 19.5 Å². The largest absolute Gasteiger partial charge is 0.479 e. The Kier molecular flexibility index (Phi) is 3.95. The third-order valence-electron chi connectivity index (χ3n) is 2.26. The molecule has 5 nitrogen and oxygen atoms in total. The maximum atomic E-state index is 11.9. The lowest BCUT2D eigenvalue weighted by molar-refractivity contribution is 0.0169. The molecule has 0 saturated carbocycles. The first-order chi connectivity index (χ1) is 7.50. The van der Waals surface area contributed by atoms with Gasteiger partial charge in [-0.1, -0.05) is 0 Å². The fraction of sp³-hybridized carbons (Fsp3) is 0.545. The van der Waals surface area contributed by atoms with Gasteiger partial charge in [0.15, 0.2) is 11.5 Å². The minimum atomic E-state index is -0.514. The summed E-state index contributed by atoms with van der Waals surface area (Å²) in [7, 11) is 3.03. The first kappa shape index (κ1) is 12.6. The first-order valence-electron chi connectivity index (χ1n) is 4.93. The van der Waals surface area contributed by atoms with E-state index >= 15 is 0 Å². The molecule has 0 aliphatic rings. The van der Waals surface area contributed by atoms with Crippen LogP contribution in [0.3, 0.4) is 0 Å². The average molecular weight is 224 g/mol. The van der Waals surface area contributed by atoms with Crippen LogP contribution in [-0.2, 0) is 4.74 Å². The molecule has 88 valence electrons. The van der Waals surface area contributed by atoms with Crippen LogP contribution in [0.2, 0.25) is 0 Å². The molecule has 16 heavy (non-hydrogen) atoms. The van der Waals surface area contributed by atoms with Gasteiger partial charge in [0.05, 0.1) is 12.7 Å². The first-order valence-corrected chi connectivity index (χ1v) is 4.93. The van der Waals surface area contributed by atoms with Crippen molar-refractivity contribution in [3.63, 3.8) is 0 Å². The molecule has 0 fully saturated rings. The molecule has 0 aliphatic heterocycles. The van der Waals surface area contributed by atoms with Crippen molar-refractivity contribution < 1.29 is 14.3 Å². The van der Waals surface area contributed by atoms with Gasteiger partial charge in [0.1, 0.15) is 0 Å². The van der Waals surface area contributed by atoms with Gasteiger partial charge in [0, 0.05) is 25.9 Å². The molecule has 0 atom stereocenters. The number of hydrogen-bond acceptors (Lipinski definition) is 5. The van der Waals surface area contributed by atoms with Crippen LogP contribution in [0.15, 0.2) is 12.4 Å². The summed E-state index contributed by atoms with van der Waals surface area (Å²) in [6.45, 7) is 3.68. The van der Waals surface area contributed by atoms with E-state index in [4.69, 9.17) is 9.47 Å². The number of methoxy groups -OCH3 is 2. The molecule has 0 aromatic carbocycles. The van der Waals surface area contributed by atoms with Crippen LogP contribution < -0.4 is 4.74 Å². The van der Waals surface area contributed by atoms with Gasteiger partial charge in [-0.2, -0.15) is 0 Å². The number of hydrogen-bond donors (Lipinski definition) is 0. The van der Waals surface area contributed by atoms with Gasteiger partial charge in [0.25, 0.3) is 0 Å². The maximum absolute atomic E-state index is 11.9. The van der Waals surface area contributed by atoms with Gasteiger partial charge in [0.2, 0.25) is 5.88 Å². The second kappa shape index (κ2) is 5.03. The molecule has 0 N–H and O–H groups in total. The number of carbonyl (C=O) groups excluding carboxylic acids is 1. The lowest BCUT2D eigenvalue weighted by Crippen LogP contribution is -2.27. The quantitative estimate of drug-likeness (QED) is 0.709. The number of Topliss-reactive ketones (excluding diaryl/α,β-unsaturated/α-hetero) is 1. The highest BCUT2D eigenvalue weighted by Crippen LogP contribution is 2.19. The van der Waals surface area contributed by atoms with Crippen molar-refractivity contribution in [2.75, 3.05) is 14.2 Å². The average Bonchev–Trinajstić information content (AvgIpc) is 2.28. The van der Waals surface area contributed by atoms with Crippen LogP contribution in [0.1, 0.15) is 30.8 Å². The number of ketones is 1. The molecular weight excluding hydrogens is 208 g/mol. The minimum absolute atomic E-state index is 0.142. The minimum Gasteiger partial charge on any atom is -0.479 e. The summed E-state index contributed by atoms with van der Waals surface area (Å²) in [4.78, 5) is 19.8. The number of rotatable bonds is 5. The number of ether oxygens (including phenoxy) is 2. The third-order valence-corrected chi connectivity index (χ3v) is 2.26. The van der Waals surface area contributed by atoms with Crippen LogP contribution in [0, 0.1) is 0 Å². The zero-order valence-corrected chi connectivity index (χ0v) is 9.98. The molecular formula is C11H16N2O3. The van der Waals surface area contributed by atoms with E-state index in [1.54, 1.807) is 7.11 Å². The predicted octanol–water partition coefficient (Wildman–Crippen LogP) is 1.48. The Morgan fingerprint density at radius 1 is 1.31 bits per heavy atom. The predicted molar refractivity (Wildman–Crippen MR) is 58.6 cm³/mol. The van der Waals surface area contributed by atoms with Crippen LogP contribution in [-0.4, -0.2) is 35.6 Å². The van der Waals surface area contributed by atoms with Crippen LogP contribution in [0.4, 0.5) is 0 Å². The molecule has 1 rings (SSSR count). The van der Waals surface area contributed by atoms with E-state index in [0.717, 1.165) is 0 Å². The third kappa shape index (κ3) is 3.00. The van der Waals surface area contributed by atoms with Crippen molar-refractivity contribution in [2.45, 2.75) is 25.9 Å². The summed E-state index contributed by atoms with van der Waals surface area (Å²) in [5.41, 5.74) is -0.269. The van der Waals surface area contributed by atoms with Gasteiger partial charge in [-0.05, 0) is 13.8 Å². The van der Waals surface area contributed by atoms with Gasteiger partial charge in [-0.3, -0.25) is 4.79 Å². The molecule has 5 heteroatoms. The molecule has 0 bridgehead atoms. The Bertz CT molecular complexity index is 377. The molecule has 0 amide bonds. The highest BCUT2D eigenvalue weighted by Gasteiger charge is 2.25. The second-order valence-corrected chi connectivity index (χ2v) is 3.98. The Labute approximate surface area is 94.8 Å². The summed E-state index contributed by atoms with van der Waals surface area (Å²) >= 11 is 0. The van der Waals surface area contributed by atoms with E-state index < -0.39 is 5.60 Å². The highest BCUT2D eigenvalue weighted by atomic mass is 16.5. The smallest absolute Gasteiger partial charge is 0.243 e. The fourth-order valence-electron chi connectivity index (χ4n) is 1.21. The molecule has 1 aromatic heterocycles. The molecule has 0 saturated heterocycles. The summed E-state index contributed by atoms with van der Waals surface area (Å²) in [6, 6.07) is 0. The van der Waals surface area contributed by atoms with E-state index in [2.05, 4.69) is 9.97 Å². The molecule has 0 spiro atoms. The lowest BCUT2D eigenvalue weighted by atomic mass is 10.00. The van der Waals surface area contributed by atoms with Crippen molar-refractivity contribution in [1.82, 2.24) is 9.97 Å². The SMILES string of the molecule is COc1nccnc1C(=O)CC(C)(C)OC. The standard InChI is InChI=1S/C11H16N2O3/c1-11(2,16-4)7-8(14)9-10(15-3)13-6-5-12-9/h5-6H,7H2,1-4H3. The summed E-state index contributed by atoms with van der Waals surface area (Å²) in [6.07, 6.45) is 3.19. The van der Waals surface area contributed by atoms with Crippen LogP contribution in [0.25, 0.3) is 0 Å². The van der Waals surface area contributed by atoms with Crippen molar-refractivity contribution >= 4 is 5.78 Å². The topological polar surface area (TPSA) is 61.3 Å². The van der Waals surface area contributed by atoms with Crippen molar-refractivity contribution in [2.24, 2.45) is 0 Å². The van der Waals surface area contributed by atoms with Crippen molar-refractivity contribution in [3.8, 4) is 5.88 Å². The summed E-state index contributed by atoms with van der Waals surface area (Å²) in [5.74, 6) is 0.108. The lowest BCUT2D eigenvalue weighted by Gasteiger charge is -2.21. The van der Waals surface area contributed by atoms with Gasteiger partial charge < -0.3 is 9.47 Å². The highest BCUT2D eigenvalue weighted by molar-refractivity contribution is 5.96. The summed E-state index contributed by atoms with van der Waals surface area (Å²) in [5, 5.41) is 0. The Balaban J connectivity index is 2.88. The van der Waals surface area contributed by atoms with Crippen molar-refractivity contribution in [3.05, 3.63) is 18.1 Å². The zero-order chi connectivity index (χ0) is 12.2. The molecule has 0 aliphatic carbocycles. The van der Waals surface area contributed by atoms with E-state index in [-0.39, 0.29) is 23.8 Å². The summed E-state index contributed by atoms with van der Waals surface area (Å²) < 4.78 is 10.2. The molecule has 0 unspecified atom stereocenters. The Morgan fingerprint density at radius 2 is 1.94 bits per heavy atom. The molecule has 0 radical (unpaired) electrons. The number of aromatic nitrogens is 2.